The zero-order valence-electron chi connectivity index (χ0n) is 9.66. The fourth-order valence-electron chi connectivity index (χ4n) is 1.65. The van der Waals surface area contributed by atoms with Crippen LogP contribution >= 0.6 is 0 Å². The number of benzene rings is 1. The van der Waals surface area contributed by atoms with E-state index in [1.54, 1.807) is 18.3 Å². The Hall–Kier alpha value is -2.07. The molecule has 0 saturated heterocycles. The predicted octanol–water partition coefficient (Wildman–Crippen LogP) is 1.99. The van der Waals surface area contributed by atoms with Crippen LogP contribution in [0.5, 0.6) is 0 Å². The van der Waals surface area contributed by atoms with Crippen molar-refractivity contribution in [3.63, 3.8) is 0 Å². The summed E-state index contributed by atoms with van der Waals surface area (Å²) in [6.45, 7) is 0.723. The molecule has 0 saturated carbocycles. The first-order valence-electron chi connectivity index (χ1n) is 5.48. The van der Waals surface area contributed by atoms with E-state index < -0.39 is 0 Å². The molecule has 0 atom stereocenters. The lowest BCUT2D eigenvalue weighted by atomic mass is 10.1. The van der Waals surface area contributed by atoms with Gasteiger partial charge in [-0.15, -0.1) is 0 Å². The zero-order chi connectivity index (χ0) is 12.1. The second-order valence-corrected chi connectivity index (χ2v) is 3.73. The summed E-state index contributed by atoms with van der Waals surface area (Å²) < 4.78 is 0. The number of hydrogen-bond acceptors (Lipinski definition) is 2. The topological polar surface area (TPSA) is 56.9 Å². The largest absolute Gasteiger partial charge is 0.357 e. The number of hydrogen-bond donors (Lipinski definition) is 3. The van der Waals surface area contributed by atoms with Crippen LogP contribution in [0.25, 0.3) is 0 Å². The molecule has 0 radical (unpaired) electrons. The SMILES string of the molecule is CNCc1ccccc1NC(=O)c1ccc[nH]1. The molecule has 4 heteroatoms. The van der Waals surface area contributed by atoms with E-state index >= 15 is 0 Å². The second-order valence-electron chi connectivity index (χ2n) is 3.73. The number of aromatic amines is 1. The van der Waals surface area contributed by atoms with Crippen molar-refractivity contribution in [3.8, 4) is 0 Å². The van der Waals surface area contributed by atoms with Gasteiger partial charge >= 0.3 is 0 Å². The van der Waals surface area contributed by atoms with E-state index in [0.29, 0.717) is 5.69 Å². The number of nitrogens with one attached hydrogen (secondary N) is 3. The van der Waals surface area contributed by atoms with Crippen molar-refractivity contribution in [2.45, 2.75) is 6.54 Å². The van der Waals surface area contributed by atoms with Gasteiger partial charge in [-0.25, -0.2) is 0 Å². The van der Waals surface area contributed by atoms with Crippen LogP contribution in [-0.2, 0) is 6.54 Å². The maximum absolute atomic E-state index is 11.9. The van der Waals surface area contributed by atoms with E-state index in [1.165, 1.54) is 0 Å². The molecule has 2 rings (SSSR count). The molecule has 2 aromatic rings. The van der Waals surface area contributed by atoms with E-state index in [2.05, 4.69) is 15.6 Å². The number of carbonyl (C=O) groups is 1. The van der Waals surface area contributed by atoms with Crippen LogP contribution in [0.2, 0.25) is 0 Å². The van der Waals surface area contributed by atoms with Gasteiger partial charge in [0.25, 0.3) is 5.91 Å². The molecule has 0 unspecified atom stereocenters. The summed E-state index contributed by atoms with van der Waals surface area (Å²) in [7, 11) is 1.88. The highest BCUT2D eigenvalue weighted by atomic mass is 16.1. The van der Waals surface area contributed by atoms with Gasteiger partial charge in [-0.05, 0) is 30.8 Å². The molecular formula is C13H15N3O. The molecule has 0 fully saturated rings. The van der Waals surface area contributed by atoms with Crippen LogP contribution < -0.4 is 10.6 Å². The van der Waals surface area contributed by atoms with E-state index in [1.807, 2.05) is 31.3 Å². The van der Waals surface area contributed by atoms with E-state index in [-0.39, 0.29) is 5.91 Å². The Bertz CT molecular complexity index is 491. The lowest BCUT2D eigenvalue weighted by molar-refractivity contribution is 0.102. The summed E-state index contributed by atoms with van der Waals surface area (Å²) in [5.74, 6) is -0.126. The monoisotopic (exact) mass is 229 g/mol. The molecule has 0 aliphatic rings. The Morgan fingerprint density at radius 1 is 1.24 bits per heavy atom. The highest BCUT2D eigenvalue weighted by Crippen LogP contribution is 2.15. The maximum atomic E-state index is 11.9. The van der Waals surface area contributed by atoms with Gasteiger partial charge in [0.15, 0.2) is 0 Å². The van der Waals surface area contributed by atoms with E-state index in [9.17, 15) is 4.79 Å². The number of amides is 1. The van der Waals surface area contributed by atoms with Crippen LogP contribution in [0.4, 0.5) is 5.69 Å². The molecule has 0 bridgehead atoms. The van der Waals surface area contributed by atoms with Crippen LogP contribution in [0, 0.1) is 0 Å². The number of rotatable bonds is 4. The van der Waals surface area contributed by atoms with Gasteiger partial charge in [0.1, 0.15) is 5.69 Å². The average Bonchev–Trinajstić information content (AvgIpc) is 2.85. The van der Waals surface area contributed by atoms with Crippen molar-refractivity contribution in [1.82, 2.24) is 10.3 Å². The van der Waals surface area contributed by atoms with Gasteiger partial charge in [0.2, 0.25) is 0 Å². The van der Waals surface area contributed by atoms with Gasteiger partial charge in [0.05, 0.1) is 0 Å². The number of para-hydroxylation sites is 1. The Labute approximate surface area is 100 Å². The highest BCUT2D eigenvalue weighted by molar-refractivity contribution is 6.03. The van der Waals surface area contributed by atoms with Crippen LogP contribution in [0.1, 0.15) is 16.1 Å². The maximum Gasteiger partial charge on any atom is 0.272 e. The second kappa shape index (κ2) is 5.32. The molecule has 1 heterocycles. The molecule has 1 aromatic carbocycles. The predicted molar refractivity (Wildman–Crippen MR) is 68.0 cm³/mol. The number of anilines is 1. The van der Waals surface area contributed by atoms with Gasteiger partial charge in [-0.3, -0.25) is 4.79 Å². The summed E-state index contributed by atoms with van der Waals surface area (Å²) in [4.78, 5) is 14.7. The Morgan fingerprint density at radius 3 is 2.76 bits per heavy atom. The molecule has 0 spiro atoms. The van der Waals surface area contributed by atoms with Gasteiger partial charge in [-0.1, -0.05) is 18.2 Å². The molecule has 0 aliphatic carbocycles. The van der Waals surface area contributed by atoms with Gasteiger partial charge < -0.3 is 15.6 Å². The molecule has 1 amide bonds. The zero-order valence-corrected chi connectivity index (χ0v) is 9.66. The minimum atomic E-state index is -0.126. The first-order valence-corrected chi connectivity index (χ1v) is 5.48. The van der Waals surface area contributed by atoms with Crippen LogP contribution in [0.3, 0.4) is 0 Å². The Kier molecular flexibility index (Phi) is 3.57. The van der Waals surface area contributed by atoms with E-state index in [0.717, 1.165) is 17.8 Å². The third kappa shape index (κ3) is 2.73. The fourth-order valence-corrected chi connectivity index (χ4v) is 1.65. The summed E-state index contributed by atoms with van der Waals surface area (Å²) in [5, 5.41) is 5.96. The van der Waals surface area contributed by atoms with E-state index in [4.69, 9.17) is 0 Å². The van der Waals surface area contributed by atoms with Crippen molar-refractivity contribution < 1.29 is 4.79 Å². The summed E-state index contributed by atoms with van der Waals surface area (Å²) in [6.07, 6.45) is 1.73. The smallest absolute Gasteiger partial charge is 0.272 e. The van der Waals surface area contributed by atoms with Crippen molar-refractivity contribution >= 4 is 11.6 Å². The van der Waals surface area contributed by atoms with Gasteiger partial charge in [0, 0.05) is 18.4 Å². The molecule has 3 N–H and O–H groups in total. The van der Waals surface area contributed by atoms with Crippen molar-refractivity contribution in [2.75, 3.05) is 12.4 Å². The highest BCUT2D eigenvalue weighted by Gasteiger charge is 2.08. The molecule has 0 aliphatic heterocycles. The summed E-state index contributed by atoms with van der Waals surface area (Å²) in [5.41, 5.74) is 2.46. The Morgan fingerprint density at radius 2 is 2.06 bits per heavy atom. The minimum absolute atomic E-state index is 0.126. The molecule has 4 nitrogen and oxygen atoms in total. The first kappa shape index (κ1) is 11.4. The normalized spacial score (nSPS) is 10.2. The number of aromatic nitrogens is 1. The van der Waals surface area contributed by atoms with Crippen LogP contribution in [-0.4, -0.2) is 17.9 Å². The van der Waals surface area contributed by atoms with Crippen molar-refractivity contribution in [1.29, 1.82) is 0 Å². The lowest BCUT2D eigenvalue weighted by Gasteiger charge is -2.09. The van der Waals surface area contributed by atoms with Crippen molar-refractivity contribution in [2.24, 2.45) is 0 Å². The Balaban J connectivity index is 2.15. The van der Waals surface area contributed by atoms with Crippen LogP contribution in [0.15, 0.2) is 42.6 Å². The summed E-state index contributed by atoms with van der Waals surface area (Å²) in [6, 6.07) is 11.3. The third-order valence-corrected chi connectivity index (χ3v) is 2.48. The quantitative estimate of drug-likeness (QED) is 0.751. The minimum Gasteiger partial charge on any atom is -0.357 e. The molecule has 88 valence electrons. The lowest BCUT2D eigenvalue weighted by Crippen LogP contribution is -2.15. The first-order chi connectivity index (χ1) is 8.31. The molecular weight excluding hydrogens is 214 g/mol. The average molecular weight is 229 g/mol. The fraction of sp³-hybridized carbons (Fsp3) is 0.154. The van der Waals surface area contributed by atoms with Crippen molar-refractivity contribution in [3.05, 3.63) is 53.9 Å². The van der Waals surface area contributed by atoms with Gasteiger partial charge in [-0.2, -0.15) is 0 Å². The summed E-state index contributed by atoms with van der Waals surface area (Å²) >= 11 is 0. The number of H-pyrrole nitrogens is 1. The molecule has 1 aromatic heterocycles. The third-order valence-electron chi connectivity index (χ3n) is 2.48. The standard InChI is InChI=1S/C13H15N3O/c1-14-9-10-5-2-3-6-11(10)16-13(17)12-7-4-8-15-12/h2-8,14-15H,9H2,1H3,(H,16,17). The molecule has 17 heavy (non-hydrogen) atoms. The number of carbonyl (C=O) groups excluding carboxylic acids is 1.